The van der Waals surface area contributed by atoms with Crippen molar-refractivity contribution in [3.05, 3.63) is 36.2 Å². The molecule has 24 heavy (non-hydrogen) atoms. The standard InChI is InChI=1S/C15H17N5O3S/c1-3-23-13(22)10-4-6-11(7-5-10)19-12(21)9(2)24-15-18-8-17-14(16)20-15/h4-9H,3H2,1-2H3,(H,19,21)(H2,16,17,18,20). The fourth-order valence-electron chi connectivity index (χ4n) is 1.71. The van der Waals surface area contributed by atoms with Crippen LogP contribution >= 0.6 is 11.8 Å². The molecule has 0 saturated carbocycles. The van der Waals surface area contributed by atoms with Gasteiger partial charge in [0, 0.05) is 5.69 Å². The number of carbonyl (C=O) groups is 2. The number of thioether (sulfide) groups is 1. The van der Waals surface area contributed by atoms with Crippen molar-refractivity contribution in [3.8, 4) is 0 Å². The maximum Gasteiger partial charge on any atom is 0.338 e. The predicted octanol–water partition coefficient (Wildman–Crippen LogP) is 1.75. The van der Waals surface area contributed by atoms with Crippen molar-refractivity contribution in [2.75, 3.05) is 17.7 Å². The Kier molecular flexibility index (Phi) is 6.07. The number of ether oxygens (including phenoxy) is 1. The van der Waals surface area contributed by atoms with Gasteiger partial charge in [0.05, 0.1) is 17.4 Å². The number of aromatic nitrogens is 3. The molecule has 1 aromatic heterocycles. The highest BCUT2D eigenvalue weighted by atomic mass is 32.2. The van der Waals surface area contributed by atoms with E-state index < -0.39 is 11.2 Å². The largest absolute Gasteiger partial charge is 0.462 e. The van der Waals surface area contributed by atoms with Gasteiger partial charge in [-0.3, -0.25) is 4.79 Å². The SMILES string of the molecule is CCOC(=O)c1ccc(NC(=O)C(C)Sc2ncnc(N)n2)cc1. The van der Waals surface area contributed by atoms with E-state index in [1.54, 1.807) is 38.1 Å². The number of hydrogen-bond acceptors (Lipinski definition) is 8. The lowest BCUT2D eigenvalue weighted by Crippen LogP contribution is -2.22. The summed E-state index contributed by atoms with van der Waals surface area (Å²) in [5.41, 5.74) is 6.49. The topological polar surface area (TPSA) is 120 Å². The molecule has 2 rings (SSSR count). The minimum absolute atomic E-state index is 0.106. The third-order valence-electron chi connectivity index (χ3n) is 2.88. The lowest BCUT2D eigenvalue weighted by molar-refractivity contribution is -0.115. The van der Waals surface area contributed by atoms with Crippen LogP contribution < -0.4 is 11.1 Å². The summed E-state index contributed by atoms with van der Waals surface area (Å²) < 4.78 is 4.90. The second kappa shape index (κ2) is 8.25. The van der Waals surface area contributed by atoms with Gasteiger partial charge in [-0.1, -0.05) is 11.8 Å². The monoisotopic (exact) mass is 347 g/mol. The van der Waals surface area contributed by atoms with E-state index in [4.69, 9.17) is 10.5 Å². The molecule has 0 aliphatic carbocycles. The summed E-state index contributed by atoms with van der Waals surface area (Å²) in [7, 11) is 0. The molecule has 0 saturated heterocycles. The van der Waals surface area contributed by atoms with Gasteiger partial charge >= 0.3 is 5.97 Å². The molecular formula is C15H17N5O3S. The number of carbonyl (C=O) groups excluding carboxylic acids is 2. The molecule has 0 radical (unpaired) electrons. The maximum atomic E-state index is 12.2. The van der Waals surface area contributed by atoms with Crippen molar-refractivity contribution in [2.45, 2.75) is 24.3 Å². The van der Waals surface area contributed by atoms with Gasteiger partial charge in [-0.15, -0.1) is 0 Å². The minimum Gasteiger partial charge on any atom is -0.462 e. The minimum atomic E-state index is -0.434. The highest BCUT2D eigenvalue weighted by Gasteiger charge is 2.16. The van der Waals surface area contributed by atoms with Crippen LogP contribution in [0.4, 0.5) is 11.6 Å². The van der Waals surface area contributed by atoms with Crippen LogP contribution in [0.15, 0.2) is 35.7 Å². The number of anilines is 2. The first kappa shape index (κ1) is 17.7. The molecule has 1 amide bonds. The smallest absolute Gasteiger partial charge is 0.338 e. The number of nitrogens with one attached hydrogen (secondary N) is 1. The van der Waals surface area contributed by atoms with Gasteiger partial charge in [0.15, 0.2) is 5.16 Å². The fraction of sp³-hybridized carbons (Fsp3) is 0.267. The van der Waals surface area contributed by atoms with Crippen molar-refractivity contribution in [1.82, 2.24) is 15.0 Å². The van der Waals surface area contributed by atoms with E-state index in [0.717, 1.165) is 0 Å². The van der Waals surface area contributed by atoms with Crippen LogP contribution in [0, 0.1) is 0 Å². The van der Waals surface area contributed by atoms with Crippen LogP contribution in [0.3, 0.4) is 0 Å². The van der Waals surface area contributed by atoms with Crippen molar-refractivity contribution >= 4 is 35.3 Å². The Morgan fingerprint density at radius 3 is 2.62 bits per heavy atom. The van der Waals surface area contributed by atoms with Gasteiger partial charge < -0.3 is 15.8 Å². The molecule has 9 heteroatoms. The van der Waals surface area contributed by atoms with Gasteiger partial charge in [-0.25, -0.2) is 14.8 Å². The van der Waals surface area contributed by atoms with Gasteiger partial charge in [0.25, 0.3) is 0 Å². The quantitative estimate of drug-likeness (QED) is 0.599. The molecule has 1 heterocycles. The molecule has 0 bridgehead atoms. The average molecular weight is 347 g/mol. The van der Waals surface area contributed by atoms with E-state index in [1.165, 1.54) is 18.1 Å². The fourth-order valence-corrected chi connectivity index (χ4v) is 2.45. The van der Waals surface area contributed by atoms with Crippen molar-refractivity contribution in [1.29, 1.82) is 0 Å². The number of nitrogen functional groups attached to an aromatic ring is 1. The van der Waals surface area contributed by atoms with Gasteiger partial charge in [0.1, 0.15) is 6.33 Å². The lowest BCUT2D eigenvalue weighted by Gasteiger charge is -2.11. The summed E-state index contributed by atoms with van der Waals surface area (Å²) in [4.78, 5) is 35.4. The lowest BCUT2D eigenvalue weighted by atomic mass is 10.2. The molecule has 0 aliphatic rings. The van der Waals surface area contributed by atoms with Crippen LogP contribution in [0.5, 0.6) is 0 Å². The predicted molar refractivity (Wildman–Crippen MR) is 90.6 cm³/mol. The van der Waals surface area contributed by atoms with E-state index in [9.17, 15) is 9.59 Å². The molecule has 3 N–H and O–H groups in total. The number of esters is 1. The second-order valence-corrected chi connectivity index (χ2v) is 5.98. The number of rotatable bonds is 6. The van der Waals surface area contributed by atoms with Crippen LogP contribution in [0.25, 0.3) is 0 Å². The summed E-state index contributed by atoms with van der Waals surface area (Å²) >= 11 is 1.17. The third-order valence-corrected chi connectivity index (χ3v) is 3.86. The Morgan fingerprint density at radius 1 is 1.29 bits per heavy atom. The summed E-state index contributed by atoms with van der Waals surface area (Å²) in [6, 6.07) is 6.47. The Balaban J connectivity index is 1.94. The Labute approximate surface area is 143 Å². The molecule has 0 fully saturated rings. The molecule has 126 valence electrons. The number of nitrogens with two attached hydrogens (primary N) is 1. The van der Waals surface area contributed by atoms with Crippen LogP contribution in [-0.4, -0.2) is 38.7 Å². The molecular weight excluding hydrogens is 330 g/mol. The van der Waals surface area contributed by atoms with Crippen molar-refractivity contribution in [3.63, 3.8) is 0 Å². The average Bonchev–Trinajstić information content (AvgIpc) is 2.55. The van der Waals surface area contributed by atoms with Crippen LogP contribution in [0.2, 0.25) is 0 Å². The first-order valence-electron chi connectivity index (χ1n) is 7.18. The number of nitrogens with zero attached hydrogens (tertiary/aromatic N) is 3. The number of amides is 1. The van der Waals surface area contributed by atoms with E-state index in [2.05, 4.69) is 20.3 Å². The van der Waals surface area contributed by atoms with E-state index in [1.807, 2.05) is 0 Å². The van der Waals surface area contributed by atoms with Crippen molar-refractivity contribution < 1.29 is 14.3 Å². The summed E-state index contributed by atoms with van der Waals surface area (Å²) in [6.07, 6.45) is 1.30. The summed E-state index contributed by atoms with van der Waals surface area (Å²) in [5.74, 6) is -0.510. The van der Waals surface area contributed by atoms with E-state index in [0.29, 0.717) is 23.0 Å². The highest BCUT2D eigenvalue weighted by Crippen LogP contribution is 2.20. The van der Waals surface area contributed by atoms with Gasteiger partial charge in [-0.05, 0) is 38.1 Å². The molecule has 0 spiro atoms. The molecule has 2 aromatic rings. The normalized spacial score (nSPS) is 11.6. The zero-order chi connectivity index (χ0) is 17.5. The number of benzene rings is 1. The summed E-state index contributed by atoms with van der Waals surface area (Å²) in [6.45, 7) is 3.78. The maximum absolute atomic E-state index is 12.2. The Morgan fingerprint density at radius 2 is 2.00 bits per heavy atom. The highest BCUT2D eigenvalue weighted by molar-refractivity contribution is 8.00. The zero-order valence-corrected chi connectivity index (χ0v) is 14.0. The van der Waals surface area contributed by atoms with E-state index >= 15 is 0 Å². The first-order valence-corrected chi connectivity index (χ1v) is 8.06. The molecule has 1 unspecified atom stereocenters. The first-order chi connectivity index (χ1) is 11.5. The molecule has 1 aromatic carbocycles. The zero-order valence-electron chi connectivity index (χ0n) is 13.2. The third kappa shape index (κ3) is 4.92. The van der Waals surface area contributed by atoms with Gasteiger partial charge in [-0.2, -0.15) is 4.98 Å². The second-order valence-electron chi connectivity index (χ2n) is 4.67. The van der Waals surface area contributed by atoms with Crippen LogP contribution in [-0.2, 0) is 9.53 Å². The van der Waals surface area contributed by atoms with Crippen molar-refractivity contribution in [2.24, 2.45) is 0 Å². The Hall–Kier alpha value is -2.68. The molecule has 1 atom stereocenters. The summed E-state index contributed by atoms with van der Waals surface area (Å²) in [5, 5.41) is 2.70. The number of hydrogen-bond donors (Lipinski definition) is 2. The Bertz CT molecular complexity index is 723. The molecule has 0 aliphatic heterocycles. The molecule has 8 nitrogen and oxygen atoms in total. The van der Waals surface area contributed by atoms with E-state index in [-0.39, 0.29) is 11.9 Å². The van der Waals surface area contributed by atoms with Gasteiger partial charge in [0.2, 0.25) is 11.9 Å². The van der Waals surface area contributed by atoms with Crippen LogP contribution in [0.1, 0.15) is 24.2 Å².